The van der Waals surface area contributed by atoms with E-state index in [0.717, 1.165) is 11.0 Å². The molecule has 21 heavy (non-hydrogen) atoms. The molecule has 0 aliphatic carbocycles. The Morgan fingerprint density at radius 2 is 2.10 bits per heavy atom. The highest BCUT2D eigenvalue weighted by Gasteiger charge is 2.16. The van der Waals surface area contributed by atoms with Gasteiger partial charge in [0.05, 0.1) is 32.9 Å². The van der Waals surface area contributed by atoms with E-state index in [1.807, 2.05) is 0 Å². The Labute approximate surface area is 122 Å². The van der Waals surface area contributed by atoms with Gasteiger partial charge in [0.1, 0.15) is 11.6 Å². The summed E-state index contributed by atoms with van der Waals surface area (Å²) < 4.78 is 12.1. The molecule has 0 bridgehead atoms. The molecule has 3 aromatic rings. The number of aromatic nitrogens is 3. The Morgan fingerprint density at radius 1 is 1.29 bits per heavy atom. The van der Waals surface area contributed by atoms with Crippen LogP contribution >= 0.6 is 0 Å². The summed E-state index contributed by atoms with van der Waals surface area (Å²) in [5.74, 6) is -0.983. The molecule has 1 unspecified atom stereocenters. The first-order valence-corrected chi connectivity index (χ1v) is 7.46. The number of nitrogens with zero attached hydrogens (tertiary/aromatic N) is 2. The lowest BCUT2D eigenvalue weighted by Crippen LogP contribution is -2.10. The van der Waals surface area contributed by atoms with Crippen LogP contribution in [0.5, 0.6) is 0 Å². The molecule has 0 fully saturated rings. The molecular formula is C14H11N3O3S. The van der Waals surface area contributed by atoms with Crippen LogP contribution in [0.15, 0.2) is 47.6 Å². The van der Waals surface area contributed by atoms with Gasteiger partial charge in [0, 0.05) is 11.8 Å². The summed E-state index contributed by atoms with van der Waals surface area (Å²) in [5.41, 5.74) is 2.15. The maximum atomic E-state index is 12.1. The third kappa shape index (κ3) is 2.68. The third-order valence-electron chi connectivity index (χ3n) is 2.93. The number of pyridine rings is 1. The van der Waals surface area contributed by atoms with Crippen LogP contribution in [-0.2, 0) is 15.6 Å². The van der Waals surface area contributed by atoms with Crippen molar-refractivity contribution in [2.45, 2.75) is 4.90 Å². The average Bonchev–Trinajstić information content (AvgIpc) is 2.90. The van der Waals surface area contributed by atoms with E-state index >= 15 is 0 Å². The van der Waals surface area contributed by atoms with Gasteiger partial charge in [-0.1, -0.05) is 18.2 Å². The number of nitrogens with one attached hydrogen (secondary N) is 1. The Bertz CT molecular complexity index is 811. The minimum atomic E-state index is -1.62. The van der Waals surface area contributed by atoms with E-state index in [2.05, 4.69) is 15.0 Å². The molecule has 0 amide bonds. The van der Waals surface area contributed by atoms with Gasteiger partial charge in [-0.3, -0.25) is 14.0 Å². The Kier molecular flexibility index (Phi) is 3.49. The van der Waals surface area contributed by atoms with Gasteiger partial charge in [-0.15, -0.1) is 0 Å². The standard InChI is InChI=1S/C14H11N3O3S/c18-13(19)8-21(20)12-4-2-1-3-9(12)14-16-10-5-6-15-7-11(10)17-14/h1-7H,8H2,(H,16,17)(H,18,19). The quantitative estimate of drug-likeness (QED) is 0.766. The number of H-pyrrole nitrogens is 1. The van der Waals surface area contributed by atoms with E-state index in [-0.39, 0.29) is 0 Å². The van der Waals surface area contributed by atoms with Crippen molar-refractivity contribution in [1.29, 1.82) is 0 Å². The molecule has 0 aliphatic rings. The van der Waals surface area contributed by atoms with Crippen molar-refractivity contribution in [2.75, 3.05) is 5.75 Å². The summed E-state index contributed by atoms with van der Waals surface area (Å²) in [6.07, 6.45) is 3.30. The van der Waals surface area contributed by atoms with E-state index in [1.54, 1.807) is 42.7 Å². The highest BCUT2D eigenvalue weighted by atomic mass is 32.2. The monoisotopic (exact) mass is 301 g/mol. The van der Waals surface area contributed by atoms with Gasteiger partial charge in [-0.2, -0.15) is 0 Å². The van der Waals surface area contributed by atoms with Gasteiger partial charge in [0.2, 0.25) is 0 Å². The molecule has 106 valence electrons. The van der Waals surface area contributed by atoms with Crippen molar-refractivity contribution in [3.8, 4) is 11.4 Å². The fraction of sp³-hybridized carbons (Fsp3) is 0.0714. The molecule has 0 radical (unpaired) electrons. The molecule has 2 aromatic heterocycles. The van der Waals surface area contributed by atoms with E-state index in [9.17, 15) is 9.00 Å². The molecular weight excluding hydrogens is 290 g/mol. The molecule has 2 heterocycles. The number of carboxylic acid groups (broad SMARTS) is 1. The van der Waals surface area contributed by atoms with Crippen LogP contribution in [0.25, 0.3) is 22.4 Å². The number of fused-ring (bicyclic) bond motifs is 1. The third-order valence-corrected chi connectivity index (χ3v) is 4.28. The van der Waals surface area contributed by atoms with Crippen LogP contribution in [0.1, 0.15) is 0 Å². The van der Waals surface area contributed by atoms with Gasteiger partial charge in [0.25, 0.3) is 0 Å². The van der Waals surface area contributed by atoms with Crippen LogP contribution < -0.4 is 0 Å². The lowest BCUT2D eigenvalue weighted by Gasteiger charge is -2.05. The van der Waals surface area contributed by atoms with Gasteiger partial charge >= 0.3 is 5.97 Å². The number of carboxylic acids is 1. The van der Waals surface area contributed by atoms with Crippen LogP contribution in [0, 0.1) is 0 Å². The van der Waals surface area contributed by atoms with Crippen molar-refractivity contribution < 1.29 is 14.1 Å². The predicted octanol–water partition coefficient (Wildman–Crippen LogP) is 1.82. The number of aliphatic carboxylic acids is 1. The molecule has 1 atom stereocenters. The smallest absolute Gasteiger partial charge is 0.316 e. The molecule has 0 saturated heterocycles. The topological polar surface area (TPSA) is 95.9 Å². The first kappa shape index (κ1) is 13.4. The van der Waals surface area contributed by atoms with Crippen LogP contribution in [-0.4, -0.2) is 36.0 Å². The molecule has 0 aliphatic heterocycles. The van der Waals surface area contributed by atoms with E-state index in [4.69, 9.17) is 5.11 Å². The van der Waals surface area contributed by atoms with Crippen LogP contribution in [0.4, 0.5) is 0 Å². The molecule has 6 nitrogen and oxygen atoms in total. The SMILES string of the molecule is O=C(O)CS(=O)c1ccccc1-c1nc2ccncc2[nH]1. The number of benzene rings is 1. The summed E-state index contributed by atoms with van der Waals surface area (Å²) in [4.78, 5) is 22.7. The Morgan fingerprint density at radius 3 is 2.86 bits per heavy atom. The molecule has 7 heteroatoms. The molecule has 2 N–H and O–H groups in total. The zero-order valence-corrected chi connectivity index (χ0v) is 11.6. The fourth-order valence-electron chi connectivity index (χ4n) is 2.04. The average molecular weight is 301 g/mol. The Balaban J connectivity index is 2.09. The van der Waals surface area contributed by atoms with Gasteiger partial charge in [-0.25, -0.2) is 4.98 Å². The van der Waals surface area contributed by atoms with Gasteiger partial charge < -0.3 is 10.1 Å². The number of imidazole rings is 1. The first-order valence-electron chi connectivity index (χ1n) is 6.14. The summed E-state index contributed by atoms with van der Waals surface area (Å²) >= 11 is 0. The number of carbonyl (C=O) groups is 1. The zero-order valence-electron chi connectivity index (χ0n) is 10.8. The predicted molar refractivity (Wildman–Crippen MR) is 78.2 cm³/mol. The fourth-order valence-corrected chi connectivity index (χ4v) is 3.06. The van der Waals surface area contributed by atoms with E-state index in [0.29, 0.717) is 16.3 Å². The second-order valence-electron chi connectivity index (χ2n) is 4.36. The van der Waals surface area contributed by atoms with Crippen molar-refractivity contribution in [3.63, 3.8) is 0 Å². The molecule has 1 aromatic carbocycles. The van der Waals surface area contributed by atoms with Crippen LogP contribution in [0.3, 0.4) is 0 Å². The second kappa shape index (κ2) is 5.45. The normalized spacial score (nSPS) is 12.4. The Hall–Kier alpha value is -2.54. The van der Waals surface area contributed by atoms with Crippen molar-refractivity contribution in [2.24, 2.45) is 0 Å². The lowest BCUT2D eigenvalue weighted by atomic mass is 10.2. The minimum Gasteiger partial charge on any atom is -0.481 e. The number of hydrogen-bond donors (Lipinski definition) is 2. The molecule has 0 spiro atoms. The van der Waals surface area contributed by atoms with Crippen LogP contribution in [0.2, 0.25) is 0 Å². The first-order chi connectivity index (χ1) is 10.1. The maximum absolute atomic E-state index is 12.1. The van der Waals surface area contributed by atoms with E-state index in [1.165, 1.54) is 0 Å². The largest absolute Gasteiger partial charge is 0.481 e. The number of hydrogen-bond acceptors (Lipinski definition) is 4. The summed E-state index contributed by atoms with van der Waals surface area (Å²) in [5, 5.41) is 8.80. The highest BCUT2D eigenvalue weighted by Crippen LogP contribution is 2.25. The second-order valence-corrected chi connectivity index (χ2v) is 5.78. The highest BCUT2D eigenvalue weighted by molar-refractivity contribution is 7.85. The summed E-state index contributed by atoms with van der Waals surface area (Å²) in [6.45, 7) is 0. The molecule has 3 rings (SSSR count). The summed E-state index contributed by atoms with van der Waals surface area (Å²) in [6, 6.07) is 8.71. The van der Waals surface area contributed by atoms with Gasteiger partial charge in [0.15, 0.2) is 0 Å². The number of aromatic amines is 1. The van der Waals surface area contributed by atoms with Crippen molar-refractivity contribution >= 4 is 27.8 Å². The number of rotatable bonds is 4. The molecule has 0 saturated carbocycles. The van der Waals surface area contributed by atoms with Gasteiger partial charge in [-0.05, 0) is 12.1 Å². The maximum Gasteiger partial charge on any atom is 0.316 e. The van der Waals surface area contributed by atoms with Crippen molar-refractivity contribution in [3.05, 3.63) is 42.7 Å². The van der Waals surface area contributed by atoms with E-state index < -0.39 is 22.5 Å². The minimum absolute atomic E-state index is 0.432. The lowest BCUT2D eigenvalue weighted by molar-refractivity contribution is -0.133. The summed E-state index contributed by atoms with van der Waals surface area (Å²) in [7, 11) is -1.62. The zero-order chi connectivity index (χ0) is 14.8. The van der Waals surface area contributed by atoms with Crippen molar-refractivity contribution in [1.82, 2.24) is 15.0 Å².